The molecule has 0 aliphatic heterocycles. The molecule has 2 amide bonds. The standard InChI is InChI=1S/C28H24N2O5/c1-2-34-28(33)35-23-15-13-21(14-16-23)26(31)30-22-10-5-7-19(17-22)18-29-27(32)25-12-6-9-20-8-3-4-11-24(20)25/h3-17H,2,18H2,1H3,(H,29,32)(H,30,31). The van der Waals surface area contributed by atoms with Crippen LogP contribution in [0.5, 0.6) is 5.75 Å². The summed E-state index contributed by atoms with van der Waals surface area (Å²) in [6, 6.07) is 26.8. The second-order valence-corrected chi connectivity index (χ2v) is 7.67. The Morgan fingerprint density at radius 3 is 2.34 bits per heavy atom. The van der Waals surface area contributed by atoms with Crippen LogP contribution in [-0.4, -0.2) is 24.6 Å². The van der Waals surface area contributed by atoms with E-state index in [0.717, 1.165) is 16.3 Å². The summed E-state index contributed by atoms with van der Waals surface area (Å²) in [6.45, 7) is 2.21. The first kappa shape index (κ1) is 23.5. The summed E-state index contributed by atoms with van der Waals surface area (Å²) < 4.78 is 9.72. The van der Waals surface area contributed by atoms with Crippen molar-refractivity contribution >= 4 is 34.4 Å². The van der Waals surface area contributed by atoms with Crippen molar-refractivity contribution in [3.05, 3.63) is 108 Å². The van der Waals surface area contributed by atoms with Crippen LogP contribution in [0, 0.1) is 0 Å². The second kappa shape index (κ2) is 11.0. The highest BCUT2D eigenvalue weighted by molar-refractivity contribution is 6.07. The second-order valence-electron chi connectivity index (χ2n) is 7.67. The van der Waals surface area contributed by atoms with Gasteiger partial charge < -0.3 is 20.1 Å². The van der Waals surface area contributed by atoms with Crippen molar-refractivity contribution in [2.75, 3.05) is 11.9 Å². The van der Waals surface area contributed by atoms with Gasteiger partial charge in [0, 0.05) is 23.4 Å². The monoisotopic (exact) mass is 468 g/mol. The van der Waals surface area contributed by atoms with Gasteiger partial charge in [-0.1, -0.05) is 48.5 Å². The zero-order valence-electron chi connectivity index (χ0n) is 19.1. The summed E-state index contributed by atoms with van der Waals surface area (Å²) in [4.78, 5) is 36.8. The third kappa shape index (κ3) is 6.03. The van der Waals surface area contributed by atoms with E-state index in [9.17, 15) is 14.4 Å². The average molecular weight is 469 g/mol. The number of rotatable bonds is 7. The molecule has 4 aromatic rings. The Kier molecular flexibility index (Phi) is 7.37. The van der Waals surface area contributed by atoms with E-state index in [0.29, 0.717) is 23.4 Å². The number of amides is 2. The van der Waals surface area contributed by atoms with Crippen molar-refractivity contribution in [2.24, 2.45) is 0 Å². The molecule has 0 aliphatic carbocycles. The predicted molar refractivity (Wildman–Crippen MR) is 134 cm³/mol. The molecule has 0 atom stereocenters. The molecule has 0 unspecified atom stereocenters. The van der Waals surface area contributed by atoms with Gasteiger partial charge in [-0.25, -0.2) is 4.79 Å². The van der Waals surface area contributed by atoms with Crippen molar-refractivity contribution in [3.8, 4) is 5.75 Å². The number of hydrogen-bond acceptors (Lipinski definition) is 5. The fourth-order valence-corrected chi connectivity index (χ4v) is 3.58. The summed E-state index contributed by atoms with van der Waals surface area (Å²) in [6.07, 6.45) is -0.797. The van der Waals surface area contributed by atoms with Crippen LogP contribution in [0.25, 0.3) is 10.8 Å². The van der Waals surface area contributed by atoms with Gasteiger partial charge in [0.05, 0.1) is 6.61 Å². The van der Waals surface area contributed by atoms with E-state index < -0.39 is 6.16 Å². The molecule has 0 bridgehead atoms. The summed E-state index contributed by atoms with van der Waals surface area (Å²) in [5.41, 5.74) is 2.45. The third-order valence-corrected chi connectivity index (χ3v) is 5.25. The number of hydrogen-bond donors (Lipinski definition) is 2. The first-order valence-electron chi connectivity index (χ1n) is 11.1. The van der Waals surface area contributed by atoms with Crippen LogP contribution in [0.4, 0.5) is 10.5 Å². The van der Waals surface area contributed by atoms with Crippen LogP contribution in [0.3, 0.4) is 0 Å². The van der Waals surface area contributed by atoms with E-state index in [-0.39, 0.29) is 24.2 Å². The fourth-order valence-electron chi connectivity index (χ4n) is 3.58. The normalized spacial score (nSPS) is 10.4. The van der Waals surface area contributed by atoms with Crippen LogP contribution in [0.15, 0.2) is 91.0 Å². The molecule has 0 aromatic heterocycles. The molecule has 0 saturated heterocycles. The number of nitrogens with one attached hydrogen (secondary N) is 2. The zero-order valence-corrected chi connectivity index (χ0v) is 19.1. The number of carbonyl (C=O) groups excluding carboxylic acids is 3. The molecule has 0 fully saturated rings. The van der Waals surface area contributed by atoms with Crippen LogP contribution in [0.1, 0.15) is 33.2 Å². The Bertz CT molecular complexity index is 1360. The van der Waals surface area contributed by atoms with Crippen molar-refractivity contribution < 1.29 is 23.9 Å². The molecule has 2 N–H and O–H groups in total. The third-order valence-electron chi connectivity index (χ3n) is 5.25. The summed E-state index contributed by atoms with van der Waals surface area (Å²) >= 11 is 0. The van der Waals surface area contributed by atoms with Gasteiger partial charge in [-0.05, 0) is 65.7 Å². The zero-order chi connectivity index (χ0) is 24.6. The summed E-state index contributed by atoms with van der Waals surface area (Å²) in [5, 5.41) is 7.69. The van der Waals surface area contributed by atoms with Gasteiger partial charge in [0.25, 0.3) is 11.8 Å². The van der Waals surface area contributed by atoms with Gasteiger partial charge in [-0.3, -0.25) is 9.59 Å². The average Bonchev–Trinajstić information content (AvgIpc) is 2.87. The lowest BCUT2D eigenvalue weighted by Gasteiger charge is -2.10. The minimum atomic E-state index is -0.797. The molecule has 176 valence electrons. The molecule has 4 rings (SSSR count). The minimum Gasteiger partial charge on any atom is -0.434 e. The van der Waals surface area contributed by atoms with E-state index in [1.165, 1.54) is 12.1 Å². The molecule has 35 heavy (non-hydrogen) atoms. The van der Waals surface area contributed by atoms with Crippen molar-refractivity contribution in [2.45, 2.75) is 13.5 Å². The number of anilines is 1. The van der Waals surface area contributed by atoms with Gasteiger partial charge in [0.15, 0.2) is 0 Å². The van der Waals surface area contributed by atoms with Crippen LogP contribution >= 0.6 is 0 Å². The van der Waals surface area contributed by atoms with E-state index in [1.54, 1.807) is 37.3 Å². The molecule has 0 spiro atoms. The van der Waals surface area contributed by atoms with Crippen molar-refractivity contribution in [1.29, 1.82) is 0 Å². The maximum atomic E-state index is 12.8. The highest BCUT2D eigenvalue weighted by atomic mass is 16.7. The number of carbonyl (C=O) groups is 3. The highest BCUT2D eigenvalue weighted by Gasteiger charge is 2.11. The van der Waals surface area contributed by atoms with E-state index in [4.69, 9.17) is 9.47 Å². The maximum Gasteiger partial charge on any atom is 0.513 e. The number of benzene rings is 4. The number of ether oxygens (including phenoxy) is 2. The predicted octanol–water partition coefficient (Wildman–Crippen LogP) is 5.56. The van der Waals surface area contributed by atoms with Gasteiger partial charge in [-0.2, -0.15) is 0 Å². The van der Waals surface area contributed by atoms with Crippen molar-refractivity contribution in [1.82, 2.24) is 5.32 Å². The molecular formula is C28H24N2O5. The van der Waals surface area contributed by atoms with E-state index in [2.05, 4.69) is 10.6 Å². The molecule has 7 nitrogen and oxygen atoms in total. The molecule has 7 heteroatoms. The SMILES string of the molecule is CCOC(=O)Oc1ccc(C(=O)Nc2cccc(CNC(=O)c3cccc4ccccc34)c2)cc1. The molecule has 0 saturated carbocycles. The molecular weight excluding hydrogens is 444 g/mol. The topological polar surface area (TPSA) is 93.7 Å². The Morgan fingerprint density at radius 2 is 1.54 bits per heavy atom. The number of fused-ring (bicyclic) bond motifs is 1. The molecule has 4 aromatic carbocycles. The highest BCUT2D eigenvalue weighted by Crippen LogP contribution is 2.19. The first-order valence-corrected chi connectivity index (χ1v) is 11.1. The van der Waals surface area contributed by atoms with E-state index in [1.807, 2.05) is 48.5 Å². The Balaban J connectivity index is 1.37. The van der Waals surface area contributed by atoms with Gasteiger partial charge in [0.1, 0.15) is 5.75 Å². The Hall–Kier alpha value is -4.65. The van der Waals surface area contributed by atoms with E-state index >= 15 is 0 Å². The molecule has 0 aliphatic rings. The Morgan fingerprint density at radius 1 is 0.800 bits per heavy atom. The summed E-state index contributed by atoms with van der Waals surface area (Å²) in [7, 11) is 0. The molecule has 0 radical (unpaired) electrons. The smallest absolute Gasteiger partial charge is 0.434 e. The summed E-state index contributed by atoms with van der Waals surface area (Å²) in [5.74, 6) is -0.199. The van der Waals surface area contributed by atoms with Crippen molar-refractivity contribution in [3.63, 3.8) is 0 Å². The quantitative estimate of drug-likeness (QED) is 0.274. The lowest BCUT2D eigenvalue weighted by Crippen LogP contribution is -2.23. The van der Waals surface area contributed by atoms with Crippen LogP contribution < -0.4 is 15.4 Å². The first-order chi connectivity index (χ1) is 17.0. The Labute approximate surface area is 202 Å². The fraction of sp³-hybridized carbons (Fsp3) is 0.107. The van der Waals surface area contributed by atoms with Gasteiger partial charge in [0.2, 0.25) is 0 Å². The molecule has 0 heterocycles. The van der Waals surface area contributed by atoms with Crippen LogP contribution in [0.2, 0.25) is 0 Å². The maximum absolute atomic E-state index is 12.8. The largest absolute Gasteiger partial charge is 0.513 e. The lowest BCUT2D eigenvalue weighted by molar-refractivity contribution is 0.0950. The van der Waals surface area contributed by atoms with Gasteiger partial charge >= 0.3 is 6.16 Å². The van der Waals surface area contributed by atoms with Crippen LogP contribution in [-0.2, 0) is 11.3 Å². The lowest BCUT2D eigenvalue weighted by atomic mass is 10.0. The van der Waals surface area contributed by atoms with Gasteiger partial charge in [-0.15, -0.1) is 0 Å². The minimum absolute atomic E-state index is 0.165.